The minimum Gasteiger partial charge on any atom is -0.497 e. The molecule has 4 rings (SSSR count). The number of fused-ring (bicyclic) bond motifs is 1. The van der Waals surface area contributed by atoms with Crippen molar-refractivity contribution >= 4 is 45.9 Å². The Morgan fingerprint density at radius 3 is 2.72 bits per heavy atom. The highest BCUT2D eigenvalue weighted by molar-refractivity contribution is 7.99. The summed E-state index contributed by atoms with van der Waals surface area (Å²) in [5, 5.41) is 12.0. The standard InChI is InChI=1S/C28H33Cl2FN2O2S/c1-35-21-6-7-26-23(17-21)27(24(30)18-32-26)25(31)8-9-28(19-34)10-13-33(14-11-28)12-3-15-36-22-5-2-4-20(29)16-22/h2,4-7,16-18,25,34H,3,8-15,19H2,1H3. The molecule has 1 aromatic heterocycles. The molecule has 194 valence electrons. The summed E-state index contributed by atoms with van der Waals surface area (Å²) in [5.74, 6) is 1.68. The first kappa shape index (κ1) is 27.5. The summed E-state index contributed by atoms with van der Waals surface area (Å²) in [4.78, 5) is 7.99. The summed E-state index contributed by atoms with van der Waals surface area (Å²) >= 11 is 14.3. The zero-order valence-corrected chi connectivity index (χ0v) is 22.9. The number of methoxy groups -OCH3 is 1. The van der Waals surface area contributed by atoms with Crippen LogP contribution in [-0.2, 0) is 0 Å². The lowest BCUT2D eigenvalue weighted by Gasteiger charge is -2.41. The second kappa shape index (κ2) is 12.8. The van der Waals surface area contributed by atoms with Crippen LogP contribution >= 0.6 is 35.0 Å². The predicted molar refractivity (Wildman–Crippen MR) is 148 cm³/mol. The van der Waals surface area contributed by atoms with Crippen LogP contribution in [0.3, 0.4) is 0 Å². The van der Waals surface area contributed by atoms with E-state index in [1.54, 1.807) is 13.2 Å². The predicted octanol–water partition coefficient (Wildman–Crippen LogP) is 7.60. The van der Waals surface area contributed by atoms with Crippen molar-refractivity contribution in [2.24, 2.45) is 5.41 Å². The van der Waals surface area contributed by atoms with Gasteiger partial charge < -0.3 is 14.7 Å². The highest BCUT2D eigenvalue weighted by Gasteiger charge is 2.35. The van der Waals surface area contributed by atoms with Crippen LogP contribution in [0.4, 0.5) is 4.39 Å². The van der Waals surface area contributed by atoms with Crippen LogP contribution < -0.4 is 4.74 Å². The number of thioether (sulfide) groups is 1. The fraction of sp³-hybridized carbons (Fsp3) is 0.464. The average Bonchev–Trinajstić information content (AvgIpc) is 2.90. The molecule has 3 aromatic rings. The smallest absolute Gasteiger partial charge is 0.127 e. The third-order valence-corrected chi connectivity index (χ3v) is 8.86. The van der Waals surface area contributed by atoms with Crippen LogP contribution in [0.2, 0.25) is 10.0 Å². The van der Waals surface area contributed by atoms with E-state index in [4.69, 9.17) is 27.9 Å². The van der Waals surface area contributed by atoms with Crippen LogP contribution in [0.5, 0.6) is 5.75 Å². The first-order valence-corrected chi connectivity index (χ1v) is 14.1. The first-order valence-electron chi connectivity index (χ1n) is 12.4. The number of pyridine rings is 1. The molecule has 1 fully saturated rings. The molecule has 2 heterocycles. The van der Waals surface area contributed by atoms with Gasteiger partial charge >= 0.3 is 0 Å². The number of aliphatic hydroxyl groups is 1. The number of hydrogen-bond donors (Lipinski definition) is 1. The zero-order valence-electron chi connectivity index (χ0n) is 20.6. The molecule has 0 amide bonds. The SMILES string of the molecule is COc1ccc2ncc(Cl)c(C(F)CCC3(CO)CCN(CCCSc4cccc(Cl)c4)CC3)c2c1. The van der Waals surface area contributed by atoms with Crippen LogP contribution in [0.1, 0.15) is 43.8 Å². The van der Waals surface area contributed by atoms with Crippen molar-refractivity contribution in [3.8, 4) is 5.75 Å². The molecule has 8 heteroatoms. The number of aromatic nitrogens is 1. The van der Waals surface area contributed by atoms with Gasteiger partial charge in [-0.1, -0.05) is 29.3 Å². The summed E-state index contributed by atoms with van der Waals surface area (Å²) in [6.45, 7) is 2.96. The highest BCUT2D eigenvalue weighted by Crippen LogP contribution is 2.42. The monoisotopic (exact) mass is 550 g/mol. The maximum Gasteiger partial charge on any atom is 0.127 e. The molecule has 4 nitrogen and oxygen atoms in total. The molecule has 0 aliphatic carbocycles. The van der Waals surface area contributed by atoms with Crippen molar-refractivity contribution in [1.82, 2.24) is 9.88 Å². The average molecular weight is 552 g/mol. The quantitative estimate of drug-likeness (QED) is 0.196. The number of hydrogen-bond acceptors (Lipinski definition) is 5. The number of halogens is 3. The number of benzene rings is 2. The van der Waals surface area contributed by atoms with Crippen molar-refractivity contribution in [3.05, 3.63) is 64.3 Å². The number of rotatable bonds is 11. The van der Waals surface area contributed by atoms with Crippen molar-refractivity contribution in [2.75, 3.05) is 39.1 Å². The number of ether oxygens (including phenoxy) is 1. The van der Waals surface area contributed by atoms with Crippen LogP contribution in [0.15, 0.2) is 53.6 Å². The van der Waals surface area contributed by atoms with E-state index in [1.807, 2.05) is 42.1 Å². The zero-order chi connectivity index (χ0) is 25.5. The lowest BCUT2D eigenvalue weighted by molar-refractivity contribution is 0.0304. The van der Waals surface area contributed by atoms with Gasteiger partial charge in [0, 0.05) is 33.7 Å². The summed E-state index contributed by atoms with van der Waals surface area (Å²) in [6, 6.07) is 13.4. The third kappa shape index (κ3) is 6.84. The van der Waals surface area contributed by atoms with Crippen molar-refractivity contribution in [1.29, 1.82) is 0 Å². The Labute approximate surface area is 227 Å². The van der Waals surface area contributed by atoms with Crippen LogP contribution in [0.25, 0.3) is 10.9 Å². The maximum atomic E-state index is 15.6. The Morgan fingerprint density at radius 2 is 2.00 bits per heavy atom. The lowest BCUT2D eigenvalue weighted by Crippen LogP contribution is -2.42. The molecule has 1 aliphatic heterocycles. The highest BCUT2D eigenvalue weighted by atomic mass is 35.5. The molecule has 0 saturated carbocycles. The Balaban J connectivity index is 1.29. The Kier molecular flexibility index (Phi) is 9.76. The number of piperidine rings is 1. The molecular formula is C28H33Cl2FN2O2S. The molecule has 1 unspecified atom stereocenters. The number of alkyl halides is 1. The van der Waals surface area contributed by atoms with E-state index >= 15 is 4.39 Å². The molecule has 0 radical (unpaired) electrons. The molecule has 0 bridgehead atoms. The lowest BCUT2D eigenvalue weighted by atomic mass is 9.74. The fourth-order valence-corrected chi connectivity index (χ4v) is 6.38. The number of aliphatic hydroxyl groups excluding tert-OH is 1. The second-order valence-electron chi connectivity index (χ2n) is 9.57. The van der Waals surface area contributed by atoms with E-state index in [2.05, 4.69) is 16.0 Å². The normalized spacial score (nSPS) is 16.8. The number of nitrogens with zero attached hydrogens (tertiary/aromatic N) is 2. The molecular weight excluding hydrogens is 518 g/mol. The van der Waals surface area contributed by atoms with Gasteiger partial charge in [-0.3, -0.25) is 4.98 Å². The molecule has 0 spiro atoms. The summed E-state index contributed by atoms with van der Waals surface area (Å²) in [7, 11) is 1.58. The van der Waals surface area contributed by atoms with E-state index < -0.39 is 6.17 Å². The molecule has 2 aromatic carbocycles. The summed E-state index contributed by atoms with van der Waals surface area (Å²) in [5.41, 5.74) is 0.906. The van der Waals surface area contributed by atoms with Gasteiger partial charge in [0.15, 0.2) is 0 Å². The van der Waals surface area contributed by atoms with Gasteiger partial charge in [-0.05, 0) is 99.3 Å². The van der Waals surface area contributed by atoms with E-state index in [1.165, 1.54) is 11.1 Å². The fourth-order valence-electron chi connectivity index (χ4n) is 4.96. The molecule has 1 N–H and O–H groups in total. The first-order chi connectivity index (χ1) is 17.4. The van der Waals surface area contributed by atoms with Crippen molar-refractivity contribution in [2.45, 2.75) is 43.2 Å². The topological polar surface area (TPSA) is 45.6 Å². The minimum absolute atomic E-state index is 0.0802. The van der Waals surface area contributed by atoms with Gasteiger partial charge in [-0.2, -0.15) is 0 Å². The Bertz CT molecular complexity index is 1160. The molecule has 1 atom stereocenters. The van der Waals surface area contributed by atoms with Gasteiger partial charge in [0.05, 0.1) is 17.6 Å². The molecule has 1 saturated heterocycles. The number of likely N-dealkylation sites (tertiary alicyclic amines) is 1. The Morgan fingerprint density at radius 1 is 1.19 bits per heavy atom. The van der Waals surface area contributed by atoms with Gasteiger partial charge in [0.25, 0.3) is 0 Å². The van der Waals surface area contributed by atoms with Gasteiger partial charge in [-0.15, -0.1) is 11.8 Å². The van der Waals surface area contributed by atoms with E-state index in [-0.39, 0.29) is 12.0 Å². The van der Waals surface area contributed by atoms with Crippen LogP contribution in [-0.4, -0.2) is 54.1 Å². The van der Waals surface area contributed by atoms with Crippen molar-refractivity contribution < 1.29 is 14.2 Å². The molecule has 36 heavy (non-hydrogen) atoms. The minimum atomic E-state index is -1.24. The molecule has 1 aliphatic rings. The maximum absolute atomic E-state index is 15.6. The van der Waals surface area contributed by atoms with Crippen molar-refractivity contribution in [3.63, 3.8) is 0 Å². The summed E-state index contributed by atoms with van der Waals surface area (Å²) < 4.78 is 20.9. The Hall–Kier alpha value is -1.57. The van der Waals surface area contributed by atoms with E-state index in [0.29, 0.717) is 40.1 Å². The second-order valence-corrected chi connectivity index (χ2v) is 11.6. The van der Waals surface area contributed by atoms with Gasteiger partial charge in [0.1, 0.15) is 11.9 Å². The summed E-state index contributed by atoms with van der Waals surface area (Å²) in [6.07, 6.45) is 4.04. The van der Waals surface area contributed by atoms with Gasteiger partial charge in [0.2, 0.25) is 0 Å². The van der Waals surface area contributed by atoms with E-state index in [0.717, 1.165) is 49.7 Å². The van der Waals surface area contributed by atoms with Crippen LogP contribution in [0, 0.1) is 5.41 Å². The third-order valence-electron chi connectivity index (χ3n) is 7.25. The largest absolute Gasteiger partial charge is 0.497 e. The van der Waals surface area contributed by atoms with E-state index in [9.17, 15) is 5.11 Å². The van der Waals surface area contributed by atoms with Gasteiger partial charge in [-0.25, -0.2) is 4.39 Å².